The maximum Gasteiger partial charge on any atom is 0.142 e. The fourth-order valence-corrected chi connectivity index (χ4v) is 2.90. The van der Waals surface area contributed by atoms with Gasteiger partial charge in [0.05, 0.1) is 12.3 Å². The number of para-hydroxylation sites is 2. The molecular weight excluding hydrogens is 258 g/mol. The lowest BCUT2D eigenvalue weighted by Gasteiger charge is -2.30. The molecule has 21 heavy (non-hydrogen) atoms. The van der Waals surface area contributed by atoms with Gasteiger partial charge in [-0.1, -0.05) is 42.5 Å². The van der Waals surface area contributed by atoms with E-state index in [0.717, 1.165) is 31.9 Å². The van der Waals surface area contributed by atoms with Gasteiger partial charge in [0, 0.05) is 19.5 Å². The van der Waals surface area contributed by atoms with Crippen LogP contribution in [0.1, 0.15) is 24.8 Å². The second kappa shape index (κ2) is 7.16. The molecule has 0 aliphatic carbocycles. The van der Waals surface area contributed by atoms with E-state index in [1.165, 1.54) is 30.5 Å². The van der Waals surface area contributed by atoms with Crippen molar-refractivity contribution < 1.29 is 4.74 Å². The van der Waals surface area contributed by atoms with Crippen molar-refractivity contribution in [2.24, 2.45) is 0 Å². The molecule has 3 rings (SSSR count). The highest BCUT2D eigenvalue weighted by atomic mass is 16.5. The molecule has 2 aromatic carbocycles. The molecule has 2 nitrogen and oxygen atoms in total. The summed E-state index contributed by atoms with van der Waals surface area (Å²) in [4.78, 5) is 2.46. The van der Waals surface area contributed by atoms with E-state index < -0.39 is 0 Å². The Kier molecular flexibility index (Phi) is 4.78. The monoisotopic (exact) mass is 281 g/mol. The lowest BCUT2D eigenvalue weighted by Crippen LogP contribution is -2.29. The summed E-state index contributed by atoms with van der Waals surface area (Å²) >= 11 is 0. The zero-order valence-electron chi connectivity index (χ0n) is 12.5. The smallest absolute Gasteiger partial charge is 0.142 e. The van der Waals surface area contributed by atoms with Crippen LogP contribution in [-0.2, 0) is 6.42 Å². The fraction of sp³-hybridized carbons (Fsp3) is 0.368. The molecule has 1 saturated heterocycles. The van der Waals surface area contributed by atoms with Gasteiger partial charge >= 0.3 is 0 Å². The van der Waals surface area contributed by atoms with Gasteiger partial charge in [-0.3, -0.25) is 0 Å². The third-order valence-corrected chi connectivity index (χ3v) is 4.05. The summed E-state index contributed by atoms with van der Waals surface area (Å²) in [7, 11) is 0. The van der Waals surface area contributed by atoms with E-state index in [4.69, 9.17) is 4.74 Å². The van der Waals surface area contributed by atoms with Gasteiger partial charge in [-0.05, 0) is 37.0 Å². The van der Waals surface area contributed by atoms with Crippen molar-refractivity contribution in [1.29, 1.82) is 0 Å². The molecule has 0 aromatic heterocycles. The van der Waals surface area contributed by atoms with Gasteiger partial charge < -0.3 is 9.64 Å². The molecule has 0 N–H and O–H groups in total. The molecular formula is C19H23NO. The second-order valence-electron chi connectivity index (χ2n) is 5.60. The number of nitrogens with zero attached hydrogens (tertiary/aromatic N) is 1. The molecule has 110 valence electrons. The molecule has 0 atom stereocenters. The van der Waals surface area contributed by atoms with E-state index in [1.54, 1.807) is 0 Å². The molecule has 1 heterocycles. The summed E-state index contributed by atoms with van der Waals surface area (Å²) in [6, 6.07) is 19.0. The van der Waals surface area contributed by atoms with E-state index >= 15 is 0 Å². The first-order valence-corrected chi connectivity index (χ1v) is 7.94. The van der Waals surface area contributed by atoms with Crippen molar-refractivity contribution in [2.75, 3.05) is 24.6 Å². The van der Waals surface area contributed by atoms with Crippen molar-refractivity contribution in [2.45, 2.75) is 25.7 Å². The van der Waals surface area contributed by atoms with Gasteiger partial charge in [-0.25, -0.2) is 0 Å². The maximum atomic E-state index is 6.05. The SMILES string of the molecule is c1ccc(CCOc2ccccc2N2CCCCC2)cc1. The van der Waals surface area contributed by atoms with Gasteiger partial charge in [-0.15, -0.1) is 0 Å². The summed E-state index contributed by atoms with van der Waals surface area (Å²) in [5, 5.41) is 0. The van der Waals surface area contributed by atoms with E-state index in [9.17, 15) is 0 Å². The molecule has 0 saturated carbocycles. The average molecular weight is 281 g/mol. The van der Waals surface area contributed by atoms with Gasteiger partial charge in [0.25, 0.3) is 0 Å². The van der Waals surface area contributed by atoms with E-state index in [1.807, 2.05) is 0 Å². The first-order valence-electron chi connectivity index (χ1n) is 7.94. The molecule has 1 fully saturated rings. The number of piperidine rings is 1. The van der Waals surface area contributed by atoms with E-state index in [0.29, 0.717) is 0 Å². The summed E-state index contributed by atoms with van der Waals surface area (Å²) in [5.74, 6) is 1.02. The number of anilines is 1. The Balaban J connectivity index is 1.62. The number of rotatable bonds is 5. The van der Waals surface area contributed by atoms with Gasteiger partial charge in [0.15, 0.2) is 0 Å². The Hall–Kier alpha value is -1.96. The average Bonchev–Trinajstić information content (AvgIpc) is 2.57. The van der Waals surface area contributed by atoms with Crippen LogP contribution in [0, 0.1) is 0 Å². The number of hydrogen-bond donors (Lipinski definition) is 0. The Morgan fingerprint density at radius 1 is 0.810 bits per heavy atom. The highest BCUT2D eigenvalue weighted by molar-refractivity contribution is 5.58. The van der Waals surface area contributed by atoms with Crippen molar-refractivity contribution in [3.8, 4) is 5.75 Å². The van der Waals surface area contributed by atoms with Crippen LogP contribution in [0.25, 0.3) is 0 Å². The van der Waals surface area contributed by atoms with Crippen molar-refractivity contribution in [1.82, 2.24) is 0 Å². The van der Waals surface area contributed by atoms with Crippen LogP contribution < -0.4 is 9.64 Å². The normalized spacial score (nSPS) is 15.0. The molecule has 2 aromatic rings. The van der Waals surface area contributed by atoms with E-state index in [-0.39, 0.29) is 0 Å². The molecule has 0 spiro atoms. The van der Waals surface area contributed by atoms with Crippen molar-refractivity contribution in [3.63, 3.8) is 0 Å². The van der Waals surface area contributed by atoms with Crippen molar-refractivity contribution >= 4 is 5.69 Å². The predicted molar refractivity (Wildman–Crippen MR) is 88.1 cm³/mol. The van der Waals surface area contributed by atoms with Crippen LogP contribution in [0.4, 0.5) is 5.69 Å². The minimum Gasteiger partial charge on any atom is -0.491 e. The Labute approximate surface area is 127 Å². The third-order valence-electron chi connectivity index (χ3n) is 4.05. The molecule has 0 bridgehead atoms. The van der Waals surface area contributed by atoms with E-state index in [2.05, 4.69) is 59.5 Å². The fourth-order valence-electron chi connectivity index (χ4n) is 2.90. The number of benzene rings is 2. The minimum atomic E-state index is 0.731. The Morgan fingerprint density at radius 3 is 2.33 bits per heavy atom. The quantitative estimate of drug-likeness (QED) is 0.810. The van der Waals surface area contributed by atoms with Crippen LogP contribution in [0.5, 0.6) is 5.75 Å². The van der Waals surface area contributed by atoms with Crippen molar-refractivity contribution in [3.05, 3.63) is 60.2 Å². The Morgan fingerprint density at radius 2 is 1.52 bits per heavy atom. The largest absolute Gasteiger partial charge is 0.491 e. The lowest BCUT2D eigenvalue weighted by molar-refractivity contribution is 0.321. The summed E-state index contributed by atoms with van der Waals surface area (Å²) in [6.07, 6.45) is 4.89. The minimum absolute atomic E-state index is 0.731. The zero-order valence-corrected chi connectivity index (χ0v) is 12.5. The molecule has 2 heteroatoms. The van der Waals surface area contributed by atoms with Crippen LogP contribution in [0.15, 0.2) is 54.6 Å². The van der Waals surface area contributed by atoms with Gasteiger partial charge in [0.1, 0.15) is 5.75 Å². The standard InChI is InChI=1S/C19H23NO/c1-3-9-17(10-4-1)13-16-21-19-12-6-5-11-18(19)20-14-7-2-8-15-20/h1,3-6,9-12H,2,7-8,13-16H2. The lowest BCUT2D eigenvalue weighted by atomic mass is 10.1. The highest BCUT2D eigenvalue weighted by Gasteiger charge is 2.14. The third kappa shape index (κ3) is 3.78. The summed E-state index contributed by atoms with van der Waals surface area (Å²) in [5.41, 5.74) is 2.58. The summed E-state index contributed by atoms with van der Waals surface area (Å²) in [6.45, 7) is 3.03. The number of ether oxygens (including phenoxy) is 1. The first kappa shape index (κ1) is 14.0. The van der Waals surface area contributed by atoms with Crippen LogP contribution in [-0.4, -0.2) is 19.7 Å². The Bertz CT molecular complexity index is 547. The second-order valence-corrected chi connectivity index (χ2v) is 5.60. The van der Waals surface area contributed by atoms with Gasteiger partial charge in [0.2, 0.25) is 0 Å². The molecule has 1 aliphatic heterocycles. The highest BCUT2D eigenvalue weighted by Crippen LogP contribution is 2.30. The predicted octanol–water partition coefficient (Wildman–Crippen LogP) is 4.30. The first-order chi connectivity index (χ1) is 10.4. The molecule has 0 radical (unpaired) electrons. The van der Waals surface area contributed by atoms with Crippen LogP contribution in [0.3, 0.4) is 0 Å². The molecule has 0 amide bonds. The topological polar surface area (TPSA) is 12.5 Å². The summed E-state index contributed by atoms with van der Waals surface area (Å²) < 4.78 is 6.05. The maximum absolute atomic E-state index is 6.05. The molecule has 1 aliphatic rings. The zero-order chi connectivity index (χ0) is 14.3. The molecule has 0 unspecified atom stereocenters. The van der Waals surface area contributed by atoms with Crippen LogP contribution >= 0.6 is 0 Å². The van der Waals surface area contributed by atoms with Gasteiger partial charge in [-0.2, -0.15) is 0 Å². The number of hydrogen-bond acceptors (Lipinski definition) is 2. The van der Waals surface area contributed by atoms with Crippen LogP contribution in [0.2, 0.25) is 0 Å².